The number of aromatic nitrogens is 1. The molecule has 0 saturated heterocycles. The Morgan fingerprint density at radius 1 is 1.12 bits per heavy atom. The summed E-state index contributed by atoms with van der Waals surface area (Å²) in [6, 6.07) is 16.4. The summed E-state index contributed by atoms with van der Waals surface area (Å²) in [6.07, 6.45) is 5.82. The van der Waals surface area contributed by atoms with E-state index in [1.807, 2.05) is 36.4 Å². The SMILES string of the molecule is C[C@@H](NC(=S)N(Cc1cc2cc3c(cc2[nH]c1=O)OCO3)C1CCCCC1)c1ccccc1. The number of rotatable bonds is 5. The van der Waals surface area contributed by atoms with Crippen LogP contribution in [0.25, 0.3) is 10.9 Å². The first-order chi connectivity index (χ1) is 16.1. The maximum Gasteiger partial charge on any atom is 0.253 e. The molecule has 3 aromatic rings. The van der Waals surface area contributed by atoms with Crippen molar-refractivity contribution >= 4 is 28.2 Å². The van der Waals surface area contributed by atoms with Gasteiger partial charge in [-0.3, -0.25) is 4.79 Å². The molecule has 0 unspecified atom stereocenters. The lowest BCUT2D eigenvalue weighted by Gasteiger charge is -2.37. The van der Waals surface area contributed by atoms with Crippen LogP contribution in [0.15, 0.2) is 53.3 Å². The van der Waals surface area contributed by atoms with E-state index in [0.29, 0.717) is 34.8 Å². The van der Waals surface area contributed by atoms with Gasteiger partial charge in [0.05, 0.1) is 18.1 Å². The summed E-state index contributed by atoms with van der Waals surface area (Å²) < 4.78 is 11.0. The van der Waals surface area contributed by atoms with Gasteiger partial charge < -0.3 is 24.7 Å². The lowest BCUT2D eigenvalue weighted by molar-refractivity contribution is 0.174. The Balaban J connectivity index is 1.42. The third-order valence-corrected chi connectivity index (χ3v) is 7.02. The molecule has 1 atom stereocenters. The van der Waals surface area contributed by atoms with Gasteiger partial charge in [0, 0.05) is 23.1 Å². The highest BCUT2D eigenvalue weighted by Gasteiger charge is 2.26. The number of hydrogen-bond donors (Lipinski definition) is 2. The second kappa shape index (κ2) is 9.43. The van der Waals surface area contributed by atoms with Gasteiger partial charge in [-0.15, -0.1) is 0 Å². The molecular formula is C26H29N3O3S. The van der Waals surface area contributed by atoms with E-state index in [0.717, 1.165) is 23.7 Å². The molecule has 2 aliphatic rings. The topological polar surface area (TPSA) is 66.6 Å². The fourth-order valence-corrected chi connectivity index (χ4v) is 5.19. The molecule has 0 amide bonds. The molecule has 1 fully saturated rings. The van der Waals surface area contributed by atoms with Crippen molar-refractivity contribution in [2.24, 2.45) is 0 Å². The van der Waals surface area contributed by atoms with Crippen LogP contribution in [0.4, 0.5) is 0 Å². The van der Waals surface area contributed by atoms with E-state index >= 15 is 0 Å². The van der Waals surface area contributed by atoms with E-state index in [9.17, 15) is 4.79 Å². The van der Waals surface area contributed by atoms with Crippen LogP contribution in [0.3, 0.4) is 0 Å². The van der Waals surface area contributed by atoms with Crippen molar-refractivity contribution in [1.29, 1.82) is 0 Å². The van der Waals surface area contributed by atoms with Gasteiger partial charge in [0.25, 0.3) is 5.56 Å². The Labute approximate surface area is 198 Å². The summed E-state index contributed by atoms with van der Waals surface area (Å²) in [7, 11) is 0. The number of aromatic amines is 1. The van der Waals surface area contributed by atoms with E-state index in [2.05, 4.69) is 34.3 Å². The predicted molar refractivity (Wildman–Crippen MR) is 134 cm³/mol. The molecule has 6 nitrogen and oxygen atoms in total. The molecule has 0 spiro atoms. The maximum absolute atomic E-state index is 13.0. The number of pyridine rings is 1. The van der Waals surface area contributed by atoms with Crippen molar-refractivity contribution in [3.05, 3.63) is 70.0 Å². The third-order valence-electron chi connectivity index (χ3n) is 6.67. The largest absolute Gasteiger partial charge is 0.454 e. The molecule has 1 aliphatic carbocycles. The molecule has 0 radical (unpaired) electrons. The van der Waals surface area contributed by atoms with Crippen LogP contribution >= 0.6 is 12.2 Å². The average Bonchev–Trinajstić information content (AvgIpc) is 3.29. The van der Waals surface area contributed by atoms with Crippen molar-refractivity contribution in [3.63, 3.8) is 0 Å². The van der Waals surface area contributed by atoms with Gasteiger partial charge >= 0.3 is 0 Å². The van der Waals surface area contributed by atoms with Crippen LogP contribution in [0.1, 0.15) is 56.2 Å². The Kier molecular flexibility index (Phi) is 6.22. The van der Waals surface area contributed by atoms with E-state index in [4.69, 9.17) is 21.7 Å². The molecule has 5 rings (SSSR count). The molecule has 1 saturated carbocycles. The van der Waals surface area contributed by atoms with Crippen molar-refractivity contribution in [3.8, 4) is 11.5 Å². The molecule has 33 heavy (non-hydrogen) atoms. The highest BCUT2D eigenvalue weighted by atomic mass is 32.1. The van der Waals surface area contributed by atoms with E-state index < -0.39 is 0 Å². The fraction of sp³-hybridized carbons (Fsp3) is 0.385. The molecular weight excluding hydrogens is 434 g/mol. The molecule has 2 N–H and O–H groups in total. The quantitative estimate of drug-likeness (QED) is 0.518. The Morgan fingerprint density at radius 2 is 1.85 bits per heavy atom. The van der Waals surface area contributed by atoms with Crippen molar-refractivity contribution in [2.75, 3.05) is 6.79 Å². The van der Waals surface area contributed by atoms with Gasteiger partial charge in [-0.1, -0.05) is 49.6 Å². The summed E-state index contributed by atoms with van der Waals surface area (Å²) in [4.78, 5) is 18.2. The first-order valence-electron chi connectivity index (χ1n) is 11.7. The van der Waals surface area contributed by atoms with Gasteiger partial charge in [-0.25, -0.2) is 0 Å². The highest BCUT2D eigenvalue weighted by Crippen LogP contribution is 2.35. The number of nitrogens with zero attached hydrogens (tertiary/aromatic N) is 1. The minimum absolute atomic E-state index is 0.0828. The molecule has 1 aromatic heterocycles. The lowest BCUT2D eigenvalue weighted by atomic mass is 9.94. The minimum Gasteiger partial charge on any atom is -0.454 e. The van der Waals surface area contributed by atoms with Crippen LogP contribution in [-0.2, 0) is 6.54 Å². The standard InChI is InChI=1S/C26H29N3O3S/c1-17(18-8-4-2-5-9-18)27-26(33)29(21-10-6-3-7-11-21)15-20-12-19-13-23-24(32-16-31-23)14-22(19)28-25(20)30/h2,4-5,8-9,12-14,17,21H,3,6-7,10-11,15-16H2,1H3,(H,27,33)(H,28,30)/t17-/m1/s1. The molecule has 0 bridgehead atoms. The monoisotopic (exact) mass is 463 g/mol. The van der Waals surface area contributed by atoms with Crippen LogP contribution in [0, 0.1) is 0 Å². The van der Waals surface area contributed by atoms with Gasteiger partial charge in [0.15, 0.2) is 16.6 Å². The molecule has 1 aliphatic heterocycles. The lowest BCUT2D eigenvalue weighted by Crippen LogP contribution is -2.47. The zero-order chi connectivity index (χ0) is 22.8. The Morgan fingerprint density at radius 3 is 2.61 bits per heavy atom. The first-order valence-corrected chi connectivity index (χ1v) is 12.1. The first kappa shape index (κ1) is 21.8. The summed E-state index contributed by atoms with van der Waals surface area (Å²) in [6.45, 7) is 2.79. The number of fused-ring (bicyclic) bond motifs is 2. The summed E-state index contributed by atoms with van der Waals surface area (Å²) >= 11 is 5.90. The van der Waals surface area contributed by atoms with Crippen LogP contribution in [0.5, 0.6) is 11.5 Å². The normalized spacial score (nSPS) is 16.5. The number of nitrogens with one attached hydrogen (secondary N) is 2. The minimum atomic E-state index is -0.0962. The molecule has 2 aromatic carbocycles. The second-order valence-electron chi connectivity index (χ2n) is 8.92. The van der Waals surface area contributed by atoms with Gasteiger partial charge in [-0.2, -0.15) is 0 Å². The van der Waals surface area contributed by atoms with E-state index in [-0.39, 0.29) is 18.4 Å². The smallest absolute Gasteiger partial charge is 0.253 e. The van der Waals surface area contributed by atoms with Crippen molar-refractivity contribution in [1.82, 2.24) is 15.2 Å². The van der Waals surface area contributed by atoms with Crippen LogP contribution < -0.4 is 20.3 Å². The molecule has 7 heteroatoms. The number of H-pyrrole nitrogens is 1. The van der Waals surface area contributed by atoms with E-state index in [1.54, 1.807) is 0 Å². The maximum atomic E-state index is 13.0. The van der Waals surface area contributed by atoms with E-state index in [1.165, 1.54) is 24.8 Å². The average molecular weight is 464 g/mol. The molecule has 172 valence electrons. The summed E-state index contributed by atoms with van der Waals surface area (Å²) in [5.41, 5.74) is 2.53. The zero-order valence-corrected chi connectivity index (χ0v) is 19.6. The van der Waals surface area contributed by atoms with Gasteiger partial charge in [0.2, 0.25) is 6.79 Å². The number of hydrogen-bond acceptors (Lipinski definition) is 4. The fourth-order valence-electron chi connectivity index (χ4n) is 4.79. The Bertz CT molecular complexity index is 1200. The highest BCUT2D eigenvalue weighted by molar-refractivity contribution is 7.80. The summed E-state index contributed by atoms with van der Waals surface area (Å²) in [5.74, 6) is 1.37. The Hall–Kier alpha value is -3.06. The number of ether oxygens (including phenoxy) is 2. The van der Waals surface area contributed by atoms with Gasteiger partial charge in [0.1, 0.15) is 0 Å². The summed E-state index contributed by atoms with van der Waals surface area (Å²) in [5, 5.41) is 5.14. The third kappa shape index (κ3) is 4.69. The molecule has 2 heterocycles. The number of benzene rings is 2. The van der Waals surface area contributed by atoms with Crippen molar-refractivity contribution < 1.29 is 9.47 Å². The van der Waals surface area contributed by atoms with Crippen LogP contribution in [-0.4, -0.2) is 27.8 Å². The number of thiocarbonyl (C=S) groups is 1. The van der Waals surface area contributed by atoms with Gasteiger partial charge in [-0.05, 0) is 49.7 Å². The zero-order valence-electron chi connectivity index (χ0n) is 18.8. The van der Waals surface area contributed by atoms with Crippen molar-refractivity contribution in [2.45, 2.75) is 57.7 Å². The predicted octanol–water partition coefficient (Wildman–Crippen LogP) is 5.03. The van der Waals surface area contributed by atoms with Crippen LogP contribution in [0.2, 0.25) is 0 Å². The second-order valence-corrected chi connectivity index (χ2v) is 9.30.